The summed E-state index contributed by atoms with van der Waals surface area (Å²) in [5.74, 6) is -0.680. The van der Waals surface area contributed by atoms with E-state index in [0.29, 0.717) is 25.0 Å². The van der Waals surface area contributed by atoms with Crippen molar-refractivity contribution < 1.29 is 14.4 Å². The van der Waals surface area contributed by atoms with Gasteiger partial charge in [-0.1, -0.05) is 0 Å². The smallest absolute Gasteiger partial charge is 0.349 e. The van der Waals surface area contributed by atoms with E-state index in [0.717, 1.165) is 0 Å². The summed E-state index contributed by atoms with van der Waals surface area (Å²) in [5, 5.41) is 0. The maximum Gasteiger partial charge on any atom is 0.366 e. The van der Waals surface area contributed by atoms with E-state index < -0.39 is 12.0 Å². The minimum atomic E-state index is -0.929. The number of hydroxylamine groups is 1. The van der Waals surface area contributed by atoms with Crippen LogP contribution in [-0.2, 0) is 9.63 Å². The van der Waals surface area contributed by atoms with Crippen LogP contribution in [0.1, 0.15) is 19.8 Å². The molecule has 0 atom stereocenters. The quantitative estimate of drug-likeness (QED) is 0.345. The number of urea groups is 1. The van der Waals surface area contributed by atoms with Gasteiger partial charge in [0.25, 0.3) is 0 Å². The fraction of sp³-hybridized carbons (Fsp3) is 0.444. The number of rotatable bonds is 4. The minimum absolute atomic E-state index is 0.316. The fourth-order valence-corrected chi connectivity index (χ4v) is 0.844. The van der Waals surface area contributed by atoms with Crippen molar-refractivity contribution in [3.05, 3.63) is 17.4 Å². The summed E-state index contributed by atoms with van der Waals surface area (Å²) >= 11 is 0. The Morgan fingerprint density at radius 3 is 2.67 bits per heavy atom. The standard InChI is InChI=1S/C9H15N3O3/c1-2-4-7(5-3-6-10)8(13)15-12-9(11)14/h2H,3,5-6,10H2,1H3,(H3,11,12,14). The van der Waals surface area contributed by atoms with E-state index in [1.165, 1.54) is 0 Å². The Labute approximate surface area is 87.9 Å². The second-order valence-corrected chi connectivity index (χ2v) is 2.66. The van der Waals surface area contributed by atoms with Gasteiger partial charge < -0.3 is 16.3 Å². The molecule has 6 heteroatoms. The maximum absolute atomic E-state index is 11.3. The topological polar surface area (TPSA) is 107 Å². The van der Waals surface area contributed by atoms with Crippen LogP contribution in [0.4, 0.5) is 4.79 Å². The SMILES string of the molecule is CC=C=C(CCCN)C(=O)ONC(N)=O. The van der Waals surface area contributed by atoms with Gasteiger partial charge in [0.15, 0.2) is 0 Å². The lowest BCUT2D eigenvalue weighted by molar-refractivity contribution is -0.144. The molecule has 15 heavy (non-hydrogen) atoms. The lowest BCUT2D eigenvalue weighted by Gasteiger charge is -2.04. The van der Waals surface area contributed by atoms with E-state index in [2.05, 4.69) is 10.6 Å². The molecule has 0 saturated carbocycles. The third-order valence-electron chi connectivity index (χ3n) is 1.44. The van der Waals surface area contributed by atoms with Crippen molar-refractivity contribution >= 4 is 12.0 Å². The summed E-state index contributed by atoms with van der Waals surface area (Å²) in [6.07, 6.45) is 2.67. The first-order chi connectivity index (χ1) is 7.11. The molecule has 0 aliphatic rings. The van der Waals surface area contributed by atoms with E-state index in [1.807, 2.05) is 0 Å². The molecule has 0 spiro atoms. The van der Waals surface area contributed by atoms with E-state index in [4.69, 9.17) is 11.5 Å². The fourth-order valence-electron chi connectivity index (χ4n) is 0.844. The molecule has 0 aromatic rings. The summed E-state index contributed by atoms with van der Waals surface area (Å²) in [5.41, 5.74) is 14.8. The molecule has 0 unspecified atom stereocenters. The number of carbonyl (C=O) groups is 2. The molecule has 0 bridgehead atoms. The number of nitrogens with one attached hydrogen (secondary N) is 1. The Kier molecular flexibility index (Phi) is 6.70. The Morgan fingerprint density at radius 2 is 2.20 bits per heavy atom. The van der Waals surface area contributed by atoms with Gasteiger partial charge in [-0.25, -0.2) is 9.59 Å². The highest BCUT2D eigenvalue weighted by Crippen LogP contribution is 2.04. The van der Waals surface area contributed by atoms with Crippen LogP contribution in [0, 0.1) is 0 Å². The molecule has 0 radical (unpaired) electrons. The lowest BCUT2D eigenvalue weighted by Crippen LogP contribution is -2.32. The number of hydrogen-bond acceptors (Lipinski definition) is 4. The highest BCUT2D eigenvalue weighted by molar-refractivity contribution is 5.89. The average Bonchev–Trinajstić information content (AvgIpc) is 2.20. The zero-order chi connectivity index (χ0) is 11.7. The van der Waals surface area contributed by atoms with Crippen molar-refractivity contribution in [3.63, 3.8) is 0 Å². The Balaban J connectivity index is 4.31. The van der Waals surface area contributed by atoms with Crippen LogP contribution in [0.5, 0.6) is 0 Å². The largest absolute Gasteiger partial charge is 0.366 e. The molecule has 84 valence electrons. The molecule has 0 aliphatic heterocycles. The molecule has 2 amide bonds. The second-order valence-electron chi connectivity index (χ2n) is 2.66. The summed E-state index contributed by atoms with van der Waals surface area (Å²) in [7, 11) is 0. The minimum Gasteiger partial charge on any atom is -0.349 e. The van der Waals surface area contributed by atoms with E-state index in [-0.39, 0.29) is 0 Å². The maximum atomic E-state index is 11.3. The summed E-state index contributed by atoms with van der Waals surface area (Å²) in [6, 6.07) is -0.929. The summed E-state index contributed by atoms with van der Waals surface area (Å²) in [4.78, 5) is 26.0. The van der Waals surface area contributed by atoms with E-state index in [1.54, 1.807) is 18.5 Å². The van der Waals surface area contributed by atoms with Gasteiger partial charge in [0.05, 0.1) is 5.57 Å². The number of carbonyl (C=O) groups excluding carboxylic acids is 2. The van der Waals surface area contributed by atoms with Gasteiger partial charge in [0, 0.05) is 0 Å². The molecule has 0 saturated heterocycles. The first-order valence-corrected chi connectivity index (χ1v) is 4.48. The van der Waals surface area contributed by atoms with Gasteiger partial charge in [0.1, 0.15) is 0 Å². The predicted molar refractivity (Wildman–Crippen MR) is 54.4 cm³/mol. The highest BCUT2D eigenvalue weighted by atomic mass is 16.7. The molecule has 0 aliphatic carbocycles. The number of primary amides is 1. The van der Waals surface area contributed by atoms with E-state index >= 15 is 0 Å². The number of amides is 2. The van der Waals surface area contributed by atoms with Gasteiger partial charge in [-0.2, -0.15) is 5.48 Å². The molecule has 6 nitrogen and oxygen atoms in total. The van der Waals surface area contributed by atoms with Crippen LogP contribution in [0.2, 0.25) is 0 Å². The van der Waals surface area contributed by atoms with Crippen LogP contribution < -0.4 is 16.9 Å². The lowest BCUT2D eigenvalue weighted by atomic mass is 10.1. The van der Waals surface area contributed by atoms with Crippen LogP contribution in [-0.4, -0.2) is 18.5 Å². The van der Waals surface area contributed by atoms with Crippen molar-refractivity contribution in [1.29, 1.82) is 0 Å². The Hall–Kier alpha value is -1.78. The van der Waals surface area contributed by atoms with Crippen molar-refractivity contribution in [2.75, 3.05) is 6.54 Å². The van der Waals surface area contributed by atoms with Crippen molar-refractivity contribution in [1.82, 2.24) is 5.48 Å². The first-order valence-electron chi connectivity index (χ1n) is 4.48. The van der Waals surface area contributed by atoms with Crippen molar-refractivity contribution in [2.45, 2.75) is 19.8 Å². The zero-order valence-corrected chi connectivity index (χ0v) is 8.58. The first kappa shape index (κ1) is 13.2. The summed E-state index contributed by atoms with van der Waals surface area (Å²) < 4.78 is 0. The highest BCUT2D eigenvalue weighted by Gasteiger charge is 2.10. The van der Waals surface area contributed by atoms with Crippen LogP contribution in [0.15, 0.2) is 17.4 Å². The van der Waals surface area contributed by atoms with Gasteiger partial charge >= 0.3 is 12.0 Å². The third kappa shape index (κ3) is 6.31. The van der Waals surface area contributed by atoms with Crippen molar-refractivity contribution in [3.8, 4) is 0 Å². The number of nitrogens with two attached hydrogens (primary N) is 2. The third-order valence-corrected chi connectivity index (χ3v) is 1.44. The molecule has 0 heterocycles. The Morgan fingerprint density at radius 1 is 1.53 bits per heavy atom. The van der Waals surface area contributed by atoms with Gasteiger partial charge in [-0.15, -0.1) is 5.73 Å². The molecular formula is C9H15N3O3. The van der Waals surface area contributed by atoms with Gasteiger partial charge in [-0.3, -0.25) is 0 Å². The number of hydrogen-bond donors (Lipinski definition) is 3. The summed E-state index contributed by atoms with van der Waals surface area (Å²) in [6.45, 7) is 2.18. The molecule has 0 aromatic carbocycles. The van der Waals surface area contributed by atoms with Crippen LogP contribution in [0.25, 0.3) is 0 Å². The van der Waals surface area contributed by atoms with E-state index in [9.17, 15) is 9.59 Å². The molecule has 5 N–H and O–H groups in total. The van der Waals surface area contributed by atoms with Gasteiger partial charge in [-0.05, 0) is 32.4 Å². The molecule has 0 aromatic heterocycles. The average molecular weight is 213 g/mol. The van der Waals surface area contributed by atoms with Gasteiger partial charge in [0.2, 0.25) is 0 Å². The Bertz CT molecular complexity index is 293. The normalized spacial score (nSPS) is 8.67. The molecule has 0 rings (SSSR count). The van der Waals surface area contributed by atoms with Crippen LogP contribution in [0.3, 0.4) is 0 Å². The molecular weight excluding hydrogens is 198 g/mol. The second kappa shape index (κ2) is 7.61. The molecule has 0 fully saturated rings. The van der Waals surface area contributed by atoms with Crippen molar-refractivity contribution in [2.24, 2.45) is 11.5 Å². The monoisotopic (exact) mass is 213 g/mol. The zero-order valence-electron chi connectivity index (χ0n) is 8.58. The predicted octanol–water partition coefficient (Wildman–Crippen LogP) is -0.0468. The van der Waals surface area contributed by atoms with Crippen LogP contribution >= 0.6 is 0 Å².